The van der Waals surface area contributed by atoms with Crippen molar-refractivity contribution in [1.29, 1.82) is 0 Å². The quantitative estimate of drug-likeness (QED) is 0.857. The normalized spacial score (nSPS) is 25.8. The second kappa shape index (κ2) is 7.76. The predicted octanol–water partition coefficient (Wildman–Crippen LogP) is 1.70. The highest BCUT2D eigenvalue weighted by Gasteiger charge is 2.43. The number of ether oxygens (including phenoxy) is 1. The number of nitrogens with one attached hydrogen (secondary N) is 1. The highest BCUT2D eigenvalue weighted by Crippen LogP contribution is 2.33. The van der Waals surface area contributed by atoms with E-state index >= 15 is 0 Å². The van der Waals surface area contributed by atoms with Crippen molar-refractivity contribution in [3.05, 3.63) is 35.4 Å². The molecule has 1 heterocycles. The first-order valence-corrected chi connectivity index (χ1v) is 9.33. The van der Waals surface area contributed by atoms with Crippen LogP contribution in [0, 0.1) is 6.92 Å². The van der Waals surface area contributed by atoms with E-state index in [1.165, 1.54) is 0 Å². The van der Waals surface area contributed by atoms with Gasteiger partial charge in [-0.1, -0.05) is 43.5 Å². The number of aliphatic hydroxyl groups is 1. The molecule has 0 spiro atoms. The number of aliphatic hydroxyl groups excluding tert-OH is 1. The summed E-state index contributed by atoms with van der Waals surface area (Å²) in [6, 6.07) is 7.26. The smallest absolute Gasteiger partial charge is 0.252 e. The highest BCUT2D eigenvalue weighted by atomic mass is 16.5. The third-order valence-corrected chi connectivity index (χ3v) is 5.75. The second-order valence-electron chi connectivity index (χ2n) is 7.53. The van der Waals surface area contributed by atoms with Crippen molar-refractivity contribution in [3.63, 3.8) is 0 Å². The minimum absolute atomic E-state index is 0.0741. The molecule has 1 aromatic carbocycles. The third-order valence-electron chi connectivity index (χ3n) is 5.75. The molecular formula is C20H28N2O4. The first-order chi connectivity index (χ1) is 12.5. The monoisotopic (exact) mass is 360 g/mol. The van der Waals surface area contributed by atoms with Gasteiger partial charge in [-0.05, 0) is 30.9 Å². The van der Waals surface area contributed by atoms with Gasteiger partial charge < -0.3 is 20.1 Å². The molecule has 2 N–H and O–H groups in total. The van der Waals surface area contributed by atoms with Crippen LogP contribution in [0.4, 0.5) is 0 Å². The number of likely N-dealkylation sites (N-methyl/N-ethyl adjacent to an activating group) is 1. The van der Waals surface area contributed by atoms with E-state index in [0.717, 1.165) is 43.2 Å². The average molecular weight is 360 g/mol. The maximum absolute atomic E-state index is 13.1. The number of rotatable bonds is 4. The minimum atomic E-state index is -0.788. The summed E-state index contributed by atoms with van der Waals surface area (Å²) < 4.78 is 5.69. The molecule has 0 aromatic heterocycles. The Labute approximate surface area is 154 Å². The molecule has 3 rings (SSSR count). The lowest BCUT2D eigenvalue weighted by atomic mass is 9.82. The van der Waals surface area contributed by atoms with Gasteiger partial charge >= 0.3 is 0 Å². The van der Waals surface area contributed by atoms with Gasteiger partial charge in [0.1, 0.15) is 6.61 Å². The Morgan fingerprint density at radius 1 is 1.31 bits per heavy atom. The Hall–Kier alpha value is -1.92. The Bertz CT molecular complexity index is 670. The number of nitrogens with zero attached hydrogens (tertiary/aromatic N) is 1. The topological polar surface area (TPSA) is 78.9 Å². The standard InChI is InChI=1S/C20H28N2O4/c1-14-8-4-5-9-15(14)17-18(26-12-16(24)22(17)2)19(25)21-20(13-23)10-6-3-7-11-20/h4-5,8-9,17-18,23H,3,6-7,10-13H2,1-2H3,(H,21,25)/t17-,18+/m1/s1. The molecule has 6 nitrogen and oxygen atoms in total. The fourth-order valence-electron chi connectivity index (χ4n) is 4.11. The minimum Gasteiger partial charge on any atom is -0.394 e. The van der Waals surface area contributed by atoms with Gasteiger partial charge in [-0.25, -0.2) is 0 Å². The SMILES string of the molecule is Cc1ccccc1[C@@H]1[C@@H](C(=O)NC2(CO)CCCCC2)OCC(=O)N1C. The van der Waals surface area contributed by atoms with Crippen LogP contribution in [0.5, 0.6) is 0 Å². The van der Waals surface area contributed by atoms with Crippen LogP contribution in [0.1, 0.15) is 49.3 Å². The van der Waals surface area contributed by atoms with Crippen molar-refractivity contribution in [2.24, 2.45) is 0 Å². The summed E-state index contributed by atoms with van der Waals surface area (Å²) in [5, 5.41) is 12.9. The summed E-state index contributed by atoms with van der Waals surface area (Å²) in [5.74, 6) is -0.398. The molecule has 0 unspecified atom stereocenters. The lowest BCUT2D eigenvalue weighted by molar-refractivity contribution is -0.163. The highest BCUT2D eigenvalue weighted by molar-refractivity contribution is 5.87. The van der Waals surface area contributed by atoms with E-state index in [4.69, 9.17) is 4.74 Å². The molecule has 142 valence electrons. The van der Waals surface area contributed by atoms with Gasteiger partial charge in [0, 0.05) is 7.05 Å². The molecule has 1 aliphatic carbocycles. The van der Waals surface area contributed by atoms with E-state index in [1.54, 1.807) is 11.9 Å². The maximum Gasteiger partial charge on any atom is 0.252 e. The van der Waals surface area contributed by atoms with E-state index in [-0.39, 0.29) is 25.0 Å². The lowest BCUT2D eigenvalue weighted by Gasteiger charge is -2.42. The van der Waals surface area contributed by atoms with Crippen molar-refractivity contribution < 1.29 is 19.4 Å². The number of aryl methyl sites for hydroxylation is 1. The zero-order chi connectivity index (χ0) is 18.7. The van der Waals surface area contributed by atoms with Crippen LogP contribution >= 0.6 is 0 Å². The number of amides is 2. The first-order valence-electron chi connectivity index (χ1n) is 9.33. The van der Waals surface area contributed by atoms with Crippen LogP contribution in [0.15, 0.2) is 24.3 Å². The molecule has 0 bridgehead atoms. The van der Waals surface area contributed by atoms with Crippen LogP contribution in [-0.4, -0.2) is 53.7 Å². The second-order valence-corrected chi connectivity index (χ2v) is 7.53. The molecule has 6 heteroatoms. The van der Waals surface area contributed by atoms with Crippen molar-refractivity contribution in [3.8, 4) is 0 Å². The van der Waals surface area contributed by atoms with Gasteiger partial charge in [-0.15, -0.1) is 0 Å². The molecule has 26 heavy (non-hydrogen) atoms. The largest absolute Gasteiger partial charge is 0.394 e. The fraction of sp³-hybridized carbons (Fsp3) is 0.600. The lowest BCUT2D eigenvalue weighted by Crippen LogP contribution is -2.59. The molecule has 0 radical (unpaired) electrons. The summed E-state index contributed by atoms with van der Waals surface area (Å²) >= 11 is 0. The van der Waals surface area contributed by atoms with E-state index < -0.39 is 17.7 Å². The number of hydrogen-bond donors (Lipinski definition) is 2. The Balaban J connectivity index is 1.87. The third kappa shape index (κ3) is 3.62. The summed E-state index contributed by atoms with van der Waals surface area (Å²) in [7, 11) is 1.71. The number of carbonyl (C=O) groups excluding carboxylic acids is 2. The van der Waals surface area contributed by atoms with Crippen LogP contribution in [0.2, 0.25) is 0 Å². The molecule has 1 saturated heterocycles. The molecule has 1 saturated carbocycles. The van der Waals surface area contributed by atoms with Crippen molar-refractivity contribution >= 4 is 11.8 Å². The average Bonchev–Trinajstić information content (AvgIpc) is 2.65. The zero-order valence-corrected chi connectivity index (χ0v) is 15.5. The Morgan fingerprint density at radius 3 is 2.65 bits per heavy atom. The number of morpholine rings is 1. The summed E-state index contributed by atoms with van der Waals surface area (Å²) in [4.78, 5) is 26.9. The number of hydrogen-bond acceptors (Lipinski definition) is 4. The Kier molecular flexibility index (Phi) is 5.63. The molecule has 1 aliphatic heterocycles. The van der Waals surface area contributed by atoms with Crippen molar-refractivity contribution in [2.45, 2.75) is 56.7 Å². The van der Waals surface area contributed by atoms with Crippen LogP contribution in [0.25, 0.3) is 0 Å². The van der Waals surface area contributed by atoms with Crippen LogP contribution in [-0.2, 0) is 14.3 Å². The number of benzene rings is 1. The van der Waals surface area contributed by atoms with Crippen molar-refractivity contribution in [2.75, 3.05) is 20.3 Å². The van der Waals surface area contributed by atoms with Crippen LogP contribution < -0.4 is 5.32 Å². The van der Waals surface area contributed by atoms with Gasteiger partial charge in [0.15, 0.2) is 6.10 Å². The van der Waals surface area contributed by atoms with E-state index in [0.29, 0.717) is 0 Å². The summed E-state index contributed by atoms with van der Waals surface area (Å²) in [6.07, 6.45) is 3.86. The van der Waals surface area contributed by atoms with Gasteiger partial charge in [-0.2, -0.15) is 0 Å². The maximum atomic E-state index is 13.1. The summed E-state index contributed by atoms with van der Waals surface area (Å²) in [6.45, 7) is 1.78. The fourth-order valence-corrected chi connectivity index (χ4v) is 4.11. The summed E-state index contributed by atoms with van der Waals surface area (Å²) in [5.41, 5.74) is 1.34. The zero-order valence-electron chi connectivity index (χ0n) is 15.5. The van der Waals surface area contributed by atoms with Gasteiger partial charge in [0.2, 0.25) is 5.91 Å². The van der Waals surface area contributed by atoms with E-state index in [9.17, 15) is 14.7 Å². The Morgan fingerprint density at radius 2 is 2.00 bits per heavy atom. The van der Waals surface area contributed by atoms with E-state index in [2.05, 4.69) is 5.32 Å². The molecular weight excluding hydrogens is 332 g/mol. The van der Waals surface area contributed by atoms with Gasteiger partial charge in [-0.3, -0.25) is 9.59 Å². The predicted molar refractivity (Wildman–Crippen MR) is 97.5 cm³/mol. The first kappa shape index (κ1) is 18.9. The van der Waals surface area contributed by atoms with Gasteiger partial charge in [0.05, 0.1) is 18.2 Å². The molecule has 2 atom stereocenters. The molecule has 2 aliphatic rings. The van der Waals surface area contributed by atoms with E-state index in [1.807, 2.05) is 31.2 Å². The molecule has 2 amide bonds. The van der Waals surface area contributed by atoms with Crippen LogP contribution in [0.3, 0.4) is 0 Å². The molecule has 1 aromatic rings. The van der Waals surface area contributed by atoms with Crippen molar-refractivity contribution in [1.82, 2.24) is 10.2 Å². The van der Waals surface area contributed by atoms with Gasteiger partial charge in [0.25, 0.3) is 5.91 Å². The molecule has 2 fully saturated rings. The number of carbonyl (C=O) groups is 2.